The lowest BCUT2D eigenvalue weighted by Crippen LogP contribution is -2.28. The van der Waals surface area contributed by atoms with E-state index in [1.165, 1.54) is 0 Å². The van der Waals surface area contributed by atoms with Crippen molar-refractivity contribution < 1.29 is 9.53 Å². The van der Waals surface area contributed by atoms with Crippen LogP contribution in [0.1, 0.15) is 37.0 Å². The largest absolute Gasteiger partial charge is 0.478 e. The van der Waals surface area contributed by atoms with Crippen LogP contribution >= 0.6 is 0 Å². The molecule has 0 heterocycles. The Labute approximate surface area is 108 Å². The fourth-order valence-electron chi connectivity index (χ4n) is 2.52. The molecule has 4 N–H and O–H groups in total. The van der Waals surface area contributed by atoms with E-state index in [2.05, 4.69) is 6.07 Å². The molecule has 0 saturated carbocycles. The lowest BCUT2D eigenvalue weighted by Gasteiger charge is -2.28. The molecule has 0 aliphatic carbocycles. The summed E-state index contributed by atoms with van der Waals surface area (Å²) in [4.78, 5) is 11.2. The van der Waals surface area contributed by atoms with Gasteiger partial charge in [0, 0.05) is 17.4 Å². The number of carbonyl (C=O) groups excluding carboxylic acids is 1. The first-order valence-corrected chi connectivity index (χ1v) is 6.01. The SMILES string of the molecule is Cc1cc(C)c(C(C)(C)CC(N)=O)c(OCN)c1. The second-order valence-corrected chi connectivity index (χ2v) is 5.29. The first kappa shape index (κ1) is 14.5. The van der Waals surface area contributed by atoms with Gasteiger partial charge in [-0.25, -0.2) is 0 Å². The zero-order valence-corrected chi connectivity index (χ0v) is 11.5. The molecule has 0 unspecified atom stereocenters. The first-order chi connectivity index (χ1) is 8.27. The van der Waals surface area contributed by atoms with Crippen LogP contribution in [0.2, 0.25) is 0 Å². The molecule has 4 nitrogen and oxygen atoms in total. The minimum Gasteiger partial charge on any atom is -0.478 e. The predicted molar refractivity (Wildman–Crippen MR) is 72.4 cm³/mol. The van der Waals surface area contributed by atoms with Gasteiger partial charge in [-0.05, 0) is 31.0 Å². The van der Waals surface area contributed by atoms with Crippen LogP contribution in [-0.4, -0.2) is 12.6 Å². The number of rotatable bonds is 5. The second-order valence-electron chi connectivity index (χ2n) is 5.29. The van der Waals surface area contributed by atoms with Crippen LogP contribution in [0.4, 0.5) is 0 Å². The van der Waals surface area contributed by atoms with Crippen molar-refractivity contribution in [2.75, 3.05) is 6.73 Å². The van der Waals surface area contributed by atoms with Gasteiger partial charge in [0.2, 0.25) is 5.91 Å². The van der Waals surface area contributed by atoms with E-state index >= 15 is 0 Å². The molecule has 100 valence electrons. The average Bonchev–Trinajstić information content (AvgIpc) is 2.13. The fourth-order valence-corrected chi connectivity index (χ4v) is 2.52. The average molecular weight is 250 g/mol. The van der Waals surface area contributed by atoms with Crippen molar-refractivity contribution in [1.29, 1.82) is 0 Å². The van der Waals surface area contributed by atoms with E-state index < -0.39 is 0 Å². The van der Waals surface area contributed by atoms with E-state index in [0.717, 1.165) is 22.4 Å². The van der Waals surface area contributed by atoms with Crippen molar-refractivity contribution in [3.05, 3.63) is 28.8 Å². The van der Waals surface area contributed by atoms with Crippen LogP contribution in [0.15, 0.2) is 12.1 Å². The molecule has 1 rings (SSSR count). The Bertz CT molecular complexity index is 453. The highest BCUT2D eigenvalue weighted by Crippen LogP contribution is 2.37. The standard InChI is InChI=1S/C14H22N2O2/c1-9-5-10(2)13(11(6-9)18-8-15)14(3,4)7-12(16)17/h5-6H,7-8,15H2,1-4H3,(H2,16,17). The molecule has 1 aromatic rings. The molecular formula is C14H22N2O2. The van der Waals surface area contributed by atoms with Crippen LogP contribution in [0.5, 0.6) is 5.75 Å². The number of hydrogen-bond acceptors (Lipinski definition) is 3. The molecule has 1 amide bonds. The Kier molecular flexibility index (Phi) is 4.35. The van der Waals surface area contributed by atoms with Crippen LogP contribution in [0, 0.1) is 13.8 Å². The van der Waals surface area contributed by atoms with Gasteiger partial charge in [0.25, 0.3) is 0 Å². The lowest BCUT2D eigenvalue weighted by molar-refractivity contribution is -0.119. The molecule has 0 saturated heterocycles. The van der Waals surface area contributed by atoms with E-state index in [9.17, 15) is 4.79 Å². The van der Waals surface area contributed by atoms with Crippen molar-refractivity contribution in [3.8, 4) is 5.75 Å². The lowest BCUT2D eigenvalue weighted by atomic mass is 9.78. The highest BCUT2D eigenvalue weighted by molar-refractivity contribution is 5.76. The third-order valence-corrected chi connectivity index (χ3v) is 2.98. The molecule has 0 spiro atoms. The molecule has 0 fully saturated rings. The molecular weight excluding hydrogens is 228 g/mol. The summed E-state index contributed by atoms with van der Waals surface area (Å²) in [5.74, 6) is 0.417. The normalized spacial score (nSPS) is 11.4. The van der Waals surface area contributed by atoms with E-state index in [0.29, 0.717) is 0 Å². The van der Waals surface area contributed by atoms with Crippen molar-refractivity contribution in [1.82, 2.24) is 0 Å². The highest BCUT2D eigenvalue weighted by Gasteiger charge is 2.28. The molecule has 18 heavy (non-hydrogen) atoms. The number of benzene rings is 1. The van der Waals surface area contributed by atoms with Gasteiger partial charge in [0.05, 0.1) is 0 Å². The Morgan fingerprint density at radius 3 is 2.44 bits per heavy atom. The molecule has 4 heteroatoms. The topological polar surface area (TPSA) is 78.3 Å². The molecule has 1 aromatic carbocycles. The number of primary amides is 1. The number of aryl methyl sites for hydroxylation is 2. The van der Waals surface area contributed by atoms with Gasteiger partial charge in [-0.1, -0.05) is 19.9 Å². The first-order valence-electron chi connectivity index (χ1n) is 6.01. The summed E-state index contributed by atoms with van der Waals surface area (Å²) in [6.07, 6.45) is 0.276. The Morgan fingerprint density at radius 2 is 1.94 bits per heavy atom. The maximum Gasteiger partial charge on any atom is 0.218 e. The summed E-state index contributed by atoms with van der Waals surface area (Å²) >= 11 is 0. The molecule has 0 bridgehead atoms. The highest BCUT2D eigenvalue weighted by atomic mass is 16.5. The van der Waals surface area contributed by atoms with Gasteiger partial charge in [0.15, 0.2) is 0 Å². The molecule has 0 radical (unpaired) electrons. The van der Waals surface area contributed by atoms with Crippen molar-refractivity contribution in [2.45, 2.75) is 39.5 Å². The van der Waals surface area contributed by atoms with Gasteiger partial charge in [-0.3, -0.25) is 10.5 Å². The third kappa shape index (κ3) is 3.23. The van der Waals surface area contributed by atoms with Gasteiger partial charge >= 0.3 is 0 Å². The Hall–Kier alpha value is -1.55. The summed E-state index contributed by atoms with van der Waals surface area (Å²) in [5, 5.41) is 0. The molecule has 0 aliphatic heterocycles. The summed E-state index contributed by atoms with van der Waals surface area (Å²) in [6, 6.07) is 4.01. The zero-order valence-electron chi connectivity index (χ0n) is 11.5. The number of amides is 1. The minimum absolute atomic E-state index is 0.114. The summed E-state index contributed by atoms with van der Waals surface area (Å²) in [7, 11) is 0. The van der Waals surface area contributed by atoms with Crippen molar-refractivity contribution in [2.24, 2.45) is 11.5 Å². The molecule has 0 aromatic heterocycles. The van der Waals surface area contributed by atoms with Gasteiger partial charge in [-0.15, -0.1) is 0 Å². The summed E-state index contributed by atoms with van der Waals surface area (Å²) in [5.41, 5.74) is 13.6. The maximum atomic E-state index is 11.2. The number of nitrogens with two attached hydrogens (primary N) is 2. The number of ether oxygens (including phenoxy) is 1. The minimum atomic E-state index is -0.367. The Balaban J connectivity index is 3.32. The zero-order chi connectivity index (χ0) is 13.9. The number of carbonyl (C=O) groups is 1. The van der Waals surface area contributed by atoms with Crippen LogP contribution in [0.25, 0.3) is 0 Å². The maximum absolute atomic E-state index is 11.2. The Morgan fingerprint density at radius 1 is 1.33 bits per heavy atom. The van der Waals surface area contributed by atoms with E-state index in [4.69, 9.17) is 16.2 Å². The van der Waals surface area contributed by atoms with Crippen LogP contribution in [-0.2, 0) is 10.2 Å². The third-order valence-electron chi connectivity index (χ3n) is 2.98. The fraction of sp³-hybridized carbons (Fsp3) is 0.500. The summed E-state index contributed by atoms with van der Waals surface area (Å²) in [6.45, 7) is 8.09. The van der Waals surface area contributed by atoms with Crippen LogP contribution in [0.3, 0.4) is 0 Å². The second kappa shape index (κ2) is 5.40. The van der Waals surface area contributed by atoms with Gasteiger partial charge < -0.3 is 10.5 Å². The monoisotopic (exact) mass is 250 g/mol. The van der Waals surface area contributed by atoms with Crippen LogP contribution < -0.4 is 16.2 Å². The summed E-state index contributed by atoms with van der Waals surface area (Å²) < 4.78 is 5.49. The van der Waals surface area contributed by atoms with Crippen molar-refractivity contribution >= 4 is 5.91 Å². The molecule has 0 aliphatic rings. The smallest absolute Gasteiger partial charge is 0.218 e. The number of hydrogen-bond donors (Lipinski definition) is 2. The molecule has 0 atom stereocenters. The van der Waals surface area contributed by atoms with Gasteiger partial charge in [-0.2, -0.15) is 0 Å². The van der Waals surface area contributed by atoms with Gasteiger partial charge in [0.1, 0.15) is 12.5 Å². The quantitative estimate of drug-likeness (QED) is 0.781. The van der Waals surface area contributed by atoms with E-state index in [-0.39, 0.29) is 24.5 Å². The van der Waals surface area contributed by atoms with E-state index in [1.54, 1.807) is 0 Å². The van der Waals surface area contributed by atoms with Crippen molar-refractivity contribution in [3.63, 3.8) is 0 Å². The van der Waals surface area contributed by atoms with E-state index in [1.807, 2.05) is 33.8 Å². The predicted octanol–water partition coefficient (Wildman–Crippen LogP) is 1.75.